The lowest BCUT2D eigenvalue weighted by atomic mass is 9.90. The van der Waals surface area contributed by atoms with Gasteiger partial charge in [-0.15, -0.1) is 0 Å². The number of aromatic nitrogens is 3. The average Bonchev–Trinajstić information content (AvgIpc) is 3.37. The number of carbonyl (C=O) groups is 1. The Morgan fingerprint density at radius 2 is 2.12 bits per heavy atom. The van der Waals surface area contributed by atoms with E-state index >= 15 is 0 Å². The molecule has 2 aromatic rings. The summed E-state index contributed by atoms with van der Waals surface area (Å²) < 4.78 is 8.09. The zero-order valence-corrected chi connectivity index (χ0v) is 14.7. The normalized spacial score (nSPS) is 17.6. The summed E-state index contributed by atoms with van der Waals surface area (Å²) in [6, 6.07) is 2.66. The van der Waals surface area contributed by atoms with Crippen molar-refractivity contribution in [3.05, 3.63) is 46.5 Å². The van der Waals surface area contributed by atoms with E-state index in [4.69, 9.17) is 16.3 Å². The Bertz CT molecular complexity index is 824. The molecule has 0 aromatic carbocycles. The Balaban J connectivity index is 1.61. The number of hydrogen-bond donors (Lipinski definition) is 0. The molecule has 1 saturated carbocycles. The van der Waals surface area contributed by atoms with Crippen LogP contribution in [0.1, 0.15) is 60.6 Å². The maximum atomic E-state index is 11.3. The van der Waals surface area contributed by atoms with E-state index in [0.717, 1.165) is 25.5 Å². The van der Waals surface area contributed by atoms with E-state index in [2.05, 4.69) is 20.8 Å². The minimum Gasteiger partial charge on any atom is -0.487 e. The van der Waals surface area contributed by atoms with Crippen molar-refractivity contribution in [3.8, 4) is 5.75 Å². The Labute approximate surface area is 151 Å². The van der Waals surface area contributed by atoms with Crippen molar-refractivity contribution in [3.63, 3.8) is 0 Å². The van der Waals surface area contributed by atoms with Gasteiger partial charge in [0.25, 0.3) is 0 Å². The van der Waals surface area contributed by atoms with Gasteiger partial charge < -0.3 is 4.74 Å². The number of ether oxygens (including phenoxy) is 1. The number of nitrogens with zero attached hydrogens (tertiary/aromatic N) is 3. The molecule has 0 atom stereocenters. The molecule has 6 heteroatoms. The fourth-order valence-corrected chi connectivity index (χ4v) is 3.62. The fourth-order valence-electron chi connectivity index (χ4n) is 3.42. The van der Waals surface area contributed by atoms with Crippen molar-refractivity contribution in [1.82, 2.24) is 14.8 Å². The zero-order chi connectivity index (χ0) is 17.2. The van der Waals surface area contributed by atoms with Gasteiger partial charge in [0, 0.05) is 12.4 Å². The van der Waals surface area contributed by atoms with Crippen LogP contribution >= 0.6 is 11.6 Å². The highest BCUT2D eigenvalue weighted by molar-refractivity contribution is 6.33. The molecule has 2 aliphatic carbocycles. The molecule has 2 aromatic heterocycles. The minimum atomic E-state index is 0.317. The summed E-state index contributed by atoms with van der Waals surface area (Å²) in [5.41, 5.74) is 4.21. The number of carbonyl (C=O) groups excluding carboxylic acids is 1. The number of aldehydes is 1. The summed E-state index contributed by atoms with van der Waals surface area (Å²) in [6.45, 7) is 0.452. The van der Waals surface area contributed by atoms with Crippen molar-refractivity contribution >= 4 is 23.5 Å². The molecule has 0 bridgehead atoms. The van der Waals surface area contributed by atoms with Gasteiger partial charge in [0.1, 0.15) is 12.4 Å². The molecular weight excluding hydrogens is 338 g/mol. The summed E-state index contributed by atoms with van der Waals surface area (Å²) in [6.07, 6.45) is 12.4. The van der Waals surface area contributed by atoms with Crippen LogP contribution < -0.4 is 4.74 Å². The monoisotopic (exact) mass is 357 g/mol. The van der Waals surface area contributed by atoms with Gasteiger partial charge >= 0.3 is 0 Å². The molecular formula is C19H20ClN3O2. The molecule has 0 spiro atoms. The molecule has 5 nitrogen and oxygen atoms in total. The average molecular weight is 358 g/mol. The molecule has 0 saturated heterocycles. The molecule has 1 fully saturated rings. The van der Waals surface area contributed by atoms with Crippen LogP contribution in [0, 0.1) is 0 Å². The Morgan fingerprint density at radius 3 is 2.92 bits per heavy atom. The lowest BCUT2D eigenvalue weighted by Crippen LogP contribution is -2.12. The summed E-state index contributed by atoms with van der Waals surface area (Å²) in [5, 5.41) is 4.83. The predicted molar refractivity (Wildman–Crippen MR) is 96.0 cm³/mol. The lowest BCUT2D eigenvalue weighted by Gasteiger charge is -2.22. The smallest absolute Gasteiger partial charge is 0.155 e. The van der Waals surface area contributed by atoms with Crippen LogP contribution in [-0.4, -0.2) is 27.7 Å². The van der Waals surface area contributed by atoms with Crippen LogP contribution in [0.4, 0.5) is 0 Å². The Kier molecular flexibility index (Phi) is 4.57. The molecule has 0 N–H and O–H groups in total. The van der Waals surface area contributed by atoms with Crippen LogP contribution in [0.3, 0.4) is 0 Å². The molecule has 0 amide bonds. The largest absolute Gasteiger partial charge is 0.487 e. The van der Waals surface area contributed by atoms with Gasteiger partial charge in [-0.25, -0.2) is 0 Å². The van der Waals surface area contributed by atoms with Crippen molar-refractivity contribution in [2.24, 2.45) is 0 Å². The molecule has 2 heterocycles. The first-order valence-electron chi connectivity index (χ1n) is 8.74. The van der Waals surface area contributed by atoms with E-state index in [1.54, 1.807) is 6.20 Å². The maximum Gasteiger partial charge on any atom is 0.155 e. The topological polar surface area (TPSA) is 57.0 Å². The number of pyridine rings is 1. The van der Waals surface area contributed by atoms with E-state index in [0.29, 0.717) is 29.0 Å². The third kappa shape index (κ3) is 3.33. The van der Waals surface area contributed by atoms with Gasteiger partial charge in [0.15, 0.2) is 6.29 Å². The quantitative estimate of drug-likeness (QED) is 0.715. The van der Waals surface area contributed by atoms with Gasteiger partial charge in [-0.3, -0.25) is 14.5 Å². The summed E-state index contributed by atoms with van der Waals surface area (Å²) in [7, 11) is 0. The highest BCUT2D eigenvalue weighted by atomic mass is 35.5. The number of halogens is 1. The molecule has 2 aliphatic rings. The highest BCUT2D eigenvalue weighted by Crippen LogP contribution is 2.40. The third-order valence-corrected chi connectivity index (χ3v) is 5.18. The summed E-state index contributed by atoms with van der Waals surface area (Å²) >= 11 is 6.03. The van der Waals surface area contributed by atoms with E-state index in [9.17, 15) is 4.79 Å². The molecule has 4 rings (SSSR count). The second kappa shape index (κ2) is 7.00. The van der Waals surface area contributed by atoms with Crippen LogP contribution in [0.15, 0.2) is 30.2 Å². The SMILES string of the molecule is O=Cc1c(Cl)cncc1OCC1=C(c2ccnn2C2CC2)CCCC1. The summed E-state index contributed by atoms with van der Waals surface area (Å²) in [4.78, 5) is 15.3. The zero-order valence-electron chi connectivity index (χ0n) is 13.9. The number of hydrogen-bond acceptors (Lipinski definition) is 4. The first kappa shape index (κ1) is 16.3. The summed E-state index contributed by atoms with van der Waals surface area (Å²) in [5.74, 6) is 0.440. The van der Waals surface area contributed by atoms with Crippen LogP contribution in [0.2, 0.25) is 5.02 Å². The Hall–Kier alpha value is -2.14. The first-order chi connectivity index (χ1) is 12.3. The van der Waals surface area contributed by atoms with E-state index < -0.39 is 0 Å². The van der Waals surface area contributed by atoms with Crippen molar-refractivity contribution in [2.75, 3.05) is 6.61 Å². The first-order valence-corrected chi connectivity index (χ1v) is 9.12. The van der Waals surface area contributed by atoms with Crippen molar-refractivity contribution in [2.45, 2.75) is 44.6 Å². The highest BCUT2D eigenvalue weighted by Gasteiger charge is 2.28. The van der Waals surface area contributed by atoms with Crippen LogP contribution in [0.5, 0.6) is 5.75 Å². The van der Waals surface area contributed by atoms with Gasteiger partial charge in [0.05, 0.1) is 28.5 Å². The van der Waals surface area contributed by atoms with Crippen molar-refractivity contribution < 1.29 is 9.53 Å². The number of rotatable bonds is 6. The van der Waals surface area contributed by atoms with Gasteiger partial charge in [-0.2, -0.15) is 5.10 Å². The second-order valence-corrected chi connectivity index (χ2v) is 7.03. The second-order valence-electron chi connectivity index (χ2n) is 6.62. The lowest BCUT2D eigenvalue weighted by molar-refractivity contribution is 0.112. The van der Waals surface area contributed by atoms with Gasteiger partial charge in [-0.1, -0.05) is 11.6 Å². The number of allylic oxidation sites excluding steroid dienone is 1. The third-order valence-electron chi connectivity index (χ3n) is 4.88. The minimum absolute atomic E-state index is 0.317. The molecule has 25 heavy (non-hydrogen) atoms. The maximum absolute atomic E-state index is 11.3. The standard InChI is InChI=1S/C19H20ClN3O2/c20-17-9-21-10-19(16(17)11-24)25-12-13-3-1-2-4-15(13)18-7-8-22-23(18)14-5-6-14/h7-11,14H,1-6,12H2. The Morgan fingerprint density at radius 1 is 1.28 bits per heavy atom. The van der Waals surface area contributed by atoms with Gasteiger partial charge in [-0.05, 0) is 55.7 Å². The van der Waals surface area contributed by atoms with Crippen LogP contribution in [0.25, 0.3) is 5.57 Å². The predicted octanol–water partition coefficient (Wildman–Crippen LogP) is 4.49. The molecule has 0 radical (unpaired) electrons. The fraction of sp³-hybridized carbons (Fsp3) is 0.421. The van der Waals surface area contributed by atoms with Crippen LogP contribution in [-0.2, 0) is 0 Å². The van der Waals surface area contributed by atoms with E-state index in [1.165, 1.54) is 42.3 Å². The van der Waals surface area contributed by atoms with Gasteiger partial charge in [0.2, 0.25) is 0 Å². The van der Waals surface area contributed by atoms with E-state index in [1.807, 2.05) is 6.20 Å². The molecule has 0 unspecified atom stereocenters. The molecule has 0 aliphatic heterocycles. The van der Waals surface area contributed by atoms with Crippen molar-refractivity contribution in [1.29, 1.82) is 0 Å². The molecule has 130 valence electrons. The van der Waals surface area contributed by atoms with E-state index in [-0.39, 0.29) is 0 Å².